The largest absolute Gasteiger partial charge is 0.493 e. The Hall–Kier alpha value is -2.49. The normalized spacial score (nSPS) is 11.1. The lowest BCUT2D eigenvalue weighted by atomic mass is 10.2. The minimum Gasteiger partial charge on any atom is -0.493 e. The van der Waals surface area contributed by atoms with E-state index in [0.29, 0.717) is 28.1 Å². The van der Waals surface area contributed by atoms with Crippen molar-refractivity contribution in [3.8, 4) is 11.5 Å². The van der Waals surface area contributed by atoms with Crippen molar-refractivity contribution in [3.63, 3.8) is 0 Å². The van der Waals surface area contributed by atoms with Crippen molar-refractivity contribution in [2.45, 2.75) is 19.5 Å². The molecule has 0 saturated carbocycles. The number of pyridine rings is 1. The molecule has 2 aromatic rings. The Kier molecular flexibility index (Phi) is 8.12. The summed E-state index contributed by atoms with van der Waals surface area (Å²) in [6, 6.07) is 5.30. The second kappa shape index (κ2) is 10.3. The fraction of sp³-hybridized carbons (Fsp3) is 0.368. The van der Waals surface area contributed by atoms with Gasteiger partial charge in [0.1, 0.15) is 5.82 Å². The number of methoxy groups -OCH3 is 1. The van der Waals surface area contributed by atoms with Crippen LogP contribution in [0, 0.1) is 0 Å². The first kappa shape index (κ1) is 22.8. The van der Waals surface area contributed by atoms with Gasteiger partial charge in [-0.1, -0.05) is 6.92 Å². The van der Waals surface area contributed by atoms with Crippen LogP contribution in [0.5, 0.6) is 11.5 Å². The van der Waals surface area contributed by atoms with E-state index in [1.54, 1.807) is 12.1 Å². The van der Waals surface area contributed by atoms with E-state index in [9.17, 15) is 18.0 Å². The molecule has 0 unspecified atom stereocenters. The van der Waals surface area contributed by atoms with Crippen molar-refractivity contribution in [1.29, 1.82) is 0 Å². The van der Waals surface area contributed by atoms with Crippen LogP contribution in [0.1, 0.15) is 29.3 Å². The molecule has 2 rings (SSSR count). The van der Waals surface area contributed by atoms with Crippen LogP contribution in [-0.2, 0) is 6.18 Å². The van der Waals surface area contributed by atoms with E-state index in [2.05, 4.69) is 31.5 Å². The lowest BCUT2D eigenvalue weighted by molar-refractivity contribution is -0.137. The van der Waals surface area contributed by atoms with Gasteiger partial charge < -0.3 is 20.1 Å². The number of benzene rings is 1. The predicted octanol–water partition coefficient (Wildman–Crippen LogP) is 4.50. The van der Waals surface area contributed by atoms with Crippen molar-refractivity contribution in [2.24, 2.45) is 0 Å². The molecule has 6 nitrogen and oxygen atoms in total. The number of amides is 1. The number of ether oxygens (including phenoxy) is 2. The molecule has 0 fully saturated rings. The molecule has 0 radical (unpaired) electrons. The molecule has 0 bridgehead atoms. The molecular weight excluding hydrogens is 455 g/mol. The van der Waals surface area contributed by atoms with Crippen molar-refractivity contribution in [3.05, 3.63) is 46.1 Å². The molecule has 29 heavy (non-hydrogen) atoms. The zero-order chi connectivity index (χ0) is 21.4. The summed E-state index contributed by atoms with van der Waals surface area (Å²) in [6.45, 7) is 2.64. The highest BCUT2D eigenvalue weighted by atomic mass is 79.9. The quantitative estimate of drug-likeness (QED) is 0.522. The Balaban J connectivity index is 1.97. The maximum Gasteiger partial charge on any atom is 0.419 e. The van der Waals surface area contributed by atoms with Crippen LogP contribution in [0.3, 0.4) is 0 Å². The molecule has 1 aromatic carbocycles. The van der Waals surface area contributed by atoms with Gasteiger partial charge in [0.25, 0.3) is 5.91 Å². The molecule has 1 amide bonds. The first-order chi connectivity index (χ1) is 13.8. The molecule has 158 valence electrons. The second-order valence-electron chi connectivity index (χ2n) is 5.92. The van der Waals surface area contributed by atoms with Gasteiger partial charge in [0.2, 0.25) is 0 Å². The van der Waals surface area contributed by atoms with Crippen molar-refractivity contribution in [2.75, 3.05) is 32.1 Å². The fourth-order valence-electron chi connectivity index (χ4n) is 2.43. The molecule has 10 heteroatoms. The third kappa shape index (κ3) is 6.25. The van der Waals surface area contributed by atoms with Crippen LogP contribution < -0.4 is 20.1 Å². The molecular formula is C19H21BrF3N3O3. The van der Waals surface area contributed by atoms with Crippen LogP contribution in [0.2, 0.25) is 0 Å². The minimum absolute atomic E-state index is 0.0713. The van der Waals surface area contributed by atoms with Gasteiger partial charge in [-0.3, -0.25) is 4.79 Å². The van der Waals surface area contributed by atoms with E-state index < -0.39 is 17.6 Å². The Bertz CT molecular complexity index is 847. The van der Waals surface area contributed by atoms with Gasteiger partial charge in [-0.15, -0.1) is 0 Å². The van der Waals surface area contributed by atoms with Crippen molar-refractivity contribution in [1.82, 2.24) is 10.3 Å². The number of nitrogens with one attached hydrogen (secondary N) is 2. The average Bonchev–Trinajstić information content (AvgIpc) is 2.69. The summed E-state index contributed by atoms with van der Waals surface area (Å²) < 4.78 is 50.3. The van der Waals surface area contributed by atoms with Gasteiger partial charge in [-0.2, -0.15) is 13.2 Å². The number of carbonyl (C=O) groups is 1. The van der Waals surface area contributed by atoms with Gasteiger partial charge >= 0.3 is 6.18 Å². The average molecular weight is 476 g/mol. The third-order valence-electron chi connectivity index (χ3n) is 3.76. The van der Waals surface area contributed by atoms with E-state index in [1.165, 1.54) is 19.4 Å². The Labute approximate surface area is 174 Å². The van der Waals surface area contributed by atoms with E-state index >= 15 is 0 Å². The van der Waals surface area contributed by atoms with E-state index in [0.717, 1.165) is 12.5 Å². The SMILES string of the molecule is CCCOc1c(Br)cc(C(=O)NCCNc2ncccc2C(F)(F)F)cc1OC. The lowest BCUT2D eigenvalue weighted by Crippen LogP contribution is -2.29. The highest BCUT2D eigenvalue weighted by Gasteiger charge is 2.33. The number of carbonyl (C=O) groups excluding carboxylic acids is 1. The molecule has 0 aliphatic rings. The van der Waals surface area contributed by atoms with Gasteiger partial charge in [-0.05, 0) is 46.6 Å². The summed E-state index contributed by atoms with van der Waals surface area (Å²) >= 11 is 3.36. The van der Waals surface area contributed by atoms with Crippen LogP contribution in [0.25, 0.3) is 0 Å². The maximum atomic E-state index is 13.0. The molecule has 1 aromatic heterocycles. The first-order valence-electron chi connectivity index (χ1n) is 8.82. The number of hydrogen-bond acceptors (Lipinski definition) is 5. The summed E-state index contributed by atoms with van der Waals surface area (Å²) in [5, 5.41) is 5.23. The van der Waals surface area contributed by atoms with Gasteiger partial charge in [-0.25, -0.2) is 4.98 Å². The number of rotatable bonds is 9. The minimum atomic E-state index is -4.51. The van der Waals surface area contributed by atoms with Crippen molar-refractivity contribution >= 4 is 27.7 Å². The Morgan fingerprint density at radius 1 is 1.28 bits per heavy atom. The van der Waals surface area contributed by atoms with Crippen LogP contribution in [0.15, 0.2) is 34.9 Å². The van der Waals surface area contributed by atoms with Gasteiger partial charge in [0.15, 0.2) is 11.5 Å². The predicted molar refractivity (Wildman–Crippen MR) is 107 cm³/mol. The van der Waals surface area contributed by atoms with Gasteiger partial charge in [0.05, 0.1) is 23.8 Å². The molecule has 2 N–H and O–H groups in total. The number of aromatic nitrogens is 1. The highest BCUT2D eigenvalue weighted by Crippen LogP contribution is 2.37. The first-order valence-corrected chi connectivity index (χ1v) is 9.61. The number of alkyl halides is 3. The number of nitrogens with zero attached hydrogens (tertiary/aromatic N) is 1. The molecule has 0 atom stereocenters. The zero-order valence-electron chi connectivity index (χ0n) is 15.9. The Morgan fingerprint density at radius 3 is 2.69 bits per heavy atom. The van der Waals surface area contributed by atoms with Crippen LogP contribution >= 0.6 is 15.9 Å². The summed E-state index contributed by atoms with van der Waals surface area (Å²) in [6.07, 6.45) is -2.43. The zero-order valence-corrected chi connectivity index (χ0v) is 17.5. The number of halogens is 4. The van der Waals surface area contributed by atoms with E-state index in [4.69, 9.17) is 9.47 Å². The van der Waals surface area contributed by atoms with Crippen molar-refractivity contribution < 1.29 is 27.4 Å². The fourth-order valence-corrected chi connectivity index (χ4v) is 2.99. The van der Waals surface area contributed by atoms with Crippen LogP contribution in [-0.4, -0.2) is 37.7 Å². The van der Waals surface area contributed by atoms with Crippen LogP contribution in [0.4, 0.5) is 19.0 Å². The third-order valence-corrected chi connectivity index (χ3v) is 4.35. The summed E-state index contributed by atoms with van der Waals surface area (Å²) in [4.78, 5) is 16.1. The topological polar surface area (TPSA) is 72.5 Å². The number of anilines is 1. The number of hydrogen-bond donors (Lipinski definition) is 2. The monoisotopic (exact) mass is 475 g/mol. The molecule has 0 aliphatic carbocycles. The smallest absolute Gasteiger partial charge is 0.419 e. The molecule has 0 spiro atoms. The summed E-state index contributed by atoms with van der Waals surface area (Å²) in [5.41, 5.74) is -0.533. The standard InChI is InChI=1S/C19H21BrF3N3O3/c1-3-9-29-16-14(20)10-12(11-15(16)28-2)18(27)26-8-7-25-17-13(19(21,22)23)5-4-6-24-17/h4-6,10-11H,3,7-9H2,1-2H3,(H,24,25)(H,26,27). The Morgan fingerprint density at radius 2 is 2.03 bits per heavy atom. The maximum absolute atomic E-state index is 13.0. The molecule has 1 heterocycles. The second-order valence-corrected chi connectivity index (χ2v) is 6.77. The van der Waals surface area contributed by atoms with E-state index in [1.807, 2.05) is 6.92 Å². The summed E-state index contributed by atoms with van der Waals surface area (Å²) in [5.74, 6) is 0.225. The molecule has 0 saturated heterocycles. The summed E-state index contributed by atoms with van der Waals surface area (Å²) in [7, 11) is 1.47. The lowest BCUT2D eigenvalue weighted by Gasteiger charge is -2.15. The molecule has 0 aliphatic heterocycles. The van der Waals surface area contributed by atoms with E-state index in [-0.39, 0.29) is 18.9 Å². The highest BCUT2D eigenvalue weighted by molar-refractivity contribution is 9.10. The van der Waals surface area contributed by atoms with Gasteiger partial charge in [0, 0.05) is 24.8 Å².